The lowest BCUT2D eigenvalue weighted by Gasteiger charge is -2.08. The van der Waals surface area contributed by atoms with Gasteiger partial charge in [-0.15, -0.1) is 0 Å². The summed E-state index contributed by atoms with van der Waals surface area (Å²) in [4.78, 5) is 12.5. The topological polar surface area (TPSA) is 70.7 Å². The molecule has 0 aliphatic rings. The Hall–Kier alpha value is -3.97. The van der Waals surface area contributed by atoms with Crippen LogP contribution in [0.15, 0.2) is 54.7 Å². The number of benzene rings is 2. The molecule has 5 nitrogen and oxygen atoms in total. The van der Waals surface area contributed by atoms with Gasteiger partial charge >= 0.3 is 0 Å². The lowest BCUT2D eigenvalue weighted by Crippen LogP contribution is -2.13. The first kappa shape index (κ1) is 21.7. The molecule has 1 N–H and O–H groups in total. The minimum Gasteiger partial charge on any atom is -0.322 e. The fourth-order valence-corrected chi connectivity index (χ4v) is 2.82. The number of nitriles is 1. The zero-order valence-electron chi connectivity index (χ0n) is 17.3. The summed E-state index contributed by atoms with van der Waals surface area (Å²) in [7, 11) is 1.48. The first-order valence-corrected chi connectivity index (χ1v) is 9.46. The molecule has 2 aromatic carbocycles. The quantitative estimate of drug-likeness (QED) is 0.594. The molecule has 1 aromatic heterocycles. The molecular formula is C24H20F2N4O. The summed E-state index contributed by atoms with van der Waals surface area (Å²) in [6.45, 7) is 3.51. The minimum absolute atomic E-state index is 0.161. The Morgan fingerprint density at radius 3 is 2.52 bits per heavy atom. The second kappa shape index (κ2) is 8.81. The van der Waals surface area contributed by atoms with Crippen molar-refractivity contribution in [3.05, 3.63) is 71.5 Å². The van der Waals surface area contributed by atoms with E-state index in [-0.39, 0.29) is 5.56 Å². The molecule has 0 fully saturated rings. The van der Waals surface area contributed by atoms with E-state index >= 15 is 0 Å². The summed E-state index contributed by atoms with van der Waals surface area (Å²) in [5, 5.41) is 15.4. The molecule has 156 valence electrons. The smallest absolute Gasteiger partial charge is 0.282 e. The number of amides is 1. The van der Waals surface area contributed by atoms with Crippen molar-refractivity contribution < 1.29 is 13.6 Å². The van der Waals surface area contributed by atoms with Crippen molar-refractivity contribution in [1.29, 1.82) is 5.26 Å². The molecule has 0 saturated carbocycles. The van der Waals surface area contributed by atoms with Crippen molar-refractivity contribution in [3.63, 3.8) is 0 Å². The van der Waals surface area contributed by atoms with E-state index in [2.05, 4.69) is 28.3 Å². The van der Waals surface area contributed by atoms with E-state index in [1.807, 2.05) is 30.3 Å². The van der Waals surface area contributed by atoms with Crippen LogP contribution in [0.5, 0.6) is 0 Å². The summed E-state index contributed by atoms with van der Waals surface area (Å²) in [6.07, 6.45) is -1.57. The maximum absolute atomic E-state index is 13.1. The second-order valence-corrected chi connectivity index (χ2v) is 7.50. The SMILES string of the molecule is Cn1cc(C(=O)Nc2cccc(-c3ccc(C#CC(C)(C)C#N)cc3)c2)c(C(F)F)n1. The largest absolute Gasteiger partial charge is 0.322 e. The number of halogens is 2. The molecule has 1 heterocycles. The number of alkyl halides is 2. The summed E-state index contributed by atoms with van der Waals surface area (Å²) in [5.41, 5.74) is 1.58. The molecule has 0 radical (unpaired) electrons. The van der Waals surface area contributed by atoms with Crippen LogP contribution in [-0.4, -0.2) is 15.7 Å². The summed E-state index contributed by atoms with van der Waals surface area (Å²) >= 11 is 0. The van der Waals surface area contributed by atoms with E-state index in [9.17, 15) is 13.6 Å². The molecule has 0 aliphatic carbocycles. The lowest BCUT2D eigenvalue weighted by molar-refractivity contribution is 0.101. The molecule has 3 aromatic rings. The number of rotatable bonds is 4. The van der Waals surface area contributed by atoms with Gasteiger partial charge in [0, 0.05) is 24.5 Å². The molecule has 0 saturated heterocycles. The Kier molecular flexibility index (Phi) is 6.17. The average Bonchev–Trinajstić information content (AvgIpc) is 3.15. The predicted molar refractivity (Wildman–Crippen MR) is 114 cm³/mol. The van der Waals surface area contributed by atoms with Crippen LogP contribution < -0.4 is 5.32 Å². The third kappa shape index (κ3) is 5.34. The average molecular weight is 418 g/mol. The Morgan fingerprint density at radius 2 is 1.87 bits per heavy atom. The number of hydrogen-bond donors (Lipinski definition) is 1. The summed E-state index contributed by atoms with van der Waals surface area (Å²) in [5.74, 6) is 5.27. The van der Waals surface area contributed by atoms with Crippen LogP contribution in [0.25, 0.3) is 11.1 Å². The van der Waals surface area contributed by atoms with Gasteiger partial charge in [0.15, 0.2) is 0 Å². The van der Waals surface area contributed by atoms with Crippen LogP contribution in [0.2, 0.25) is 0 Å². The molecule has 31 heavy (non-hydrogen) atoms. The van der Waals surface area contributed by atoms with Crippen LogP contribution in [0.3, 0.4) is 0 Å². The first-order valence-electron chi connectivity index (χ1n) is 9.46. The fraction of sp³-hybridized carbons (Fsp3) is 0.208. The van der Waals surface area contributed by atoms with E-state index in [1.165, 1.54) is 17.9 Å². The minimum atomic E-state index is -2.84. The van der Waals surface area contributed by atoms with E-state index in [0.717, 1.165) is 16.7 Å². The molecule has 3 rings (SSSR count). The highest BCUT2D eigenvalue weighted by Crippen LogP contribution is 2.25. The van der Waals surface area contributed by atoms with Crippen molar-refractivity contribution in [3.8, 4) is 29.0 Å². The molecular weight excluding hydrogens is 398 g/mol. The van der Waals surface area contributed by atoms with Crippen molar-refractivity contribution >= 4 is 11.6 Å². The molecule has 0 aliphatic heterocycles. The van der Waals surface area contributed by atoms with Crippen molar-refractivity contribution in [2.75, 3.05) is 5.32 Å². The predicted octanol–water partition coefficient (Wildman–Crippen LogP) is 5.18. The van der Waals surface area contributed by atoms with Crippen LogP contribution in [0, 0.1) is 28.6 Å². The zero-order valence-corrected chi connectivity index (χ0v) is 17.3. The van der Waals surface area contributed by atoms with E-state index in [4.69, 9.17) is 5.26 Å². The maximum atomic E-state index is 13.1. The van der Waals surface area contributed by atoms with Crippen molar-refractivity contribution in [1.82, 2.24) is 9.78 Å². The standard InChI is InChI=1S/C24H20F2N4O/c1-24(2,15-27)12-11-16-7-9-17(10-8-16)18-5-4-6-19(13-18)28-23(31)20-14-30(3)29-21(20)22(25)26/h4-10,13-14,22H,1-3H3,(H,28,31). The van der Waals surface area contributed by atoms with E-state index in [1.54, 1.807) is 32.0 Å². The third-order valence-electron chi connectivity index (χ3n) is 4.45. The van der Waals surface area contributed by atoms with E-state index in [0.29, 0.717) is 5.69 Å². The van der Waals surface area contributed by atoms with Gasteiger partial charge in [0.1, 0.15) is 11.1 Å². The molecule has 0 unspecified atom stereocenters. The zero-order chi connectivity index (χ0) is 22.6. The normalized spacial score (nSPS) is 10.9. The van der Waals surface area contributed by atoms with Gasteiger partial charge < -0.3 is 5.32 Å². The molecule has 1 amide bonds. The second-order valence-electron chi connectivity index (χ2n) is 7.50. The van der Waals surface area contributed by atoms with E-state index < -0.39 is 23.4 Å². The van der Waals surface area contributed by atoms with Crippen LogP contribution in [0.1, 0.15) is 41.9 Å². The molecule has 0 atom stereocenters. The number of hydrogen-bond acceptors (Lipinski definition) is 3. The van der Waals surface area contributed by atoms with Crippen molar-refractivity contribution in [2.45, 2.75) is 20.3 Å². The Labute approximate surface area is 179 Å². The highest BCUT2D eigenvalue weighted by atomic mass is 19.3. The van der Waals surface area contributed by atoms with Gasteiger partial charge in [0.2, 0.25) is 0 Å². The Bertz CT molecular complexity index is 1210. The summed E-state index contributed by atoms with van der Waals surface area (Å²) in [6, 6.07) is 16.7. The number of carbonyl (C=O) groups excluding carboxylic acids is 1. The number of nitrogens with zero attached hydrogens (tertiary/aromatic N) is 3. The van der Waals surface area contributed by atoms with Gasteiger partial charge in [-0.25, -0.2) is 8.78 Å². The number of nitrogens with one attached hydrogen (secondary N) is 1. The molecule has 0 bridgehead atoms. The number of aromatic nitrogens is 2. The highest BCUT2D eigenvalue weighted by molar-refractivity contribution is 6.05. The van der Waals surface area contributed by atoms with Crippen molar-refractivity contribution in [2.24, 2.45) is 12.5 Å². The van der Waals surface area contributed by atoms with Crippen LogP contribution in [0.4, 0.5) is 14.5 Å². The number of aryl methyl sites for hydroxylation is 1. The van der Waals surface area contributed by atoms with Gasteiger partial charge in [0.25, 0.3) is 12.3 Å². The number of carbonyl (C=O) groups is 1. The first-order chi connectivity index (χ1) is 14.7. The summed E-state index contributed by atoms with van der Waals surface area (Å²) < 4.78 is 27.4. The Morgan fingerprint density at radius 1 is 1.16 bits per heavy atom. The fourth-order valence-electron chi connectivity index (χ4n) is 2.82. The third-order valence-corrected chi connectivity index (χ3v) is 4.45. The molecule has 7 heteroatoms. The van der Waals surface area contributed by atoms with Gasteiger partial charge in [-0.05, 0) is 49.2 Å². The maximum Gasteiger partial charge on any atom is 0.282 e. The van der Waals surface area contributed by atoms with Gasteiger partial charge in [-0.3, -0.25) is 9.48 Å². The van der Waals surface area contributed by atoms with Gasteiger partial charge in [-0.2, -0.15) is 10.4 Å². The highest BCUT2D eigenvalue weighted by Gasteiger charge is 2.22. The van der Waals surface area contributed by atoms with Crippen LogP contribution in [-0.2, 0) is 7.05 Å². The lowest BCUT2D eigenvalue weighted by atomic mass is 9.96. The Balaban J connectivity index is 1.79. The van der Waals surface area contributed by atoms with Crippen LogP contribution >= 0.6 is 0 Å². The van der Waals surface area contributed by atoms with Gasteiger partial charge in [-0.1, -0.05) is 36.1 Å². The van der Waals surface area contributed by atoms with Gasteiger partial charge in [0.05, 0.1) is 11.6 Å². The number of anilines is 1. The monoisotopic (exact) mass is 418 g/mol. The molecule has 0 spiro atoms.